The zero-order chi connectivity index (χ0) is 22.7. The molecule has 30 heavy (non-hydrogen) atoms. The molecule has 0 fully saturated rings. The number of carbonyl (C=O) groups is 2. The van der Waals surface area contributed by atoms with Gasteiger partial charge in [-0.25, -0.2) is 9.59 Å². The summed E-state index contributed by atoms with van der Waals surface area (Å²) in [6.45, 7) is 11.6. The molecule has 0 N–H and O–H groups in total. The van der Waals surface area contributed by atoms with Crippen molar-refractivity contribution in [3.05, 3.63) is 47.0 Å². The predicted octanol–water partition coefficient (Wildman–Crippen LogP) is 5.09. The molecular formula is C21H30N2O7. The molecule has 1 rings (SSSR count). The Morgan fingerprint density at radius 2 is 1.90 bits per heavy atom. The number of hydrogen-bond acceptors (Lipinski definition) is 7. The molecule has 9 heteroatoms. The normalized spacial score (nSPS) is 11.9. The van der Waals surface area contributed by atoms with Crippen molar-refractivity contribution in [2.75, 3.05) is 13.2 Å². The number of non-ortho nitro benzene ring substituents is 1. The fourth-order valence-electron chi connectivity index (χ4n) is 2.62. The van der Waals surface area contributed by atoms with Crippen molar-refractivity contribution in [1.82, 2.24) is 4.90 Å². The van der Waals surface area contributed by atoms with Gasteiger partial charge < -0.3 is 19.1 Å². The van der Waals surface area contributed by atoms with Gasteiger partial charge in [-0.05, 0) is 45.7 Å². The maximum Gasteiger partial charge on any atom is 0.513 e. The number of benzene rings is 1. The van der Waals surface area contributed by atoms with E-state index < -0.39 is 22.8 Å². The minimum absolute atomic E-state index is 0.0212. The SMILES string of the molecule is C=CCC(CCOC(=O)Oc1ccc([N+](=O)[O-])cc1)N(CCC)C(=O)OC(C)(C)C. The topological polar surface area (TPSA) is 108 Å². The Morgan fingerprint density at radius 3 is 2.40 bits per heavy atom. The van der Waals surface area contributed by atoms with Gasteiger partial charge >= 0.3 is 12.2 Å². The number of rotatable bonds is 10. The second kappa shape index (κ2) is 11.8. The maximum atomic E-state index is 12.6. The van der Waals surface area contributed by atoms with Gasteiger partial charge in [0.05, 0.1) is 11.5 Å². The number of hydrogen-bond donors (Lipinski definition) is 0. The summed E-state index contributed by atoms with van der Waals surface area (Å²) in [5.41, 5.74) is -0.728. The van der Waals surface area contributed by atoms with Gasteiger partial charge in [0.15, 0.2) is 0 Å². The highest BCUT2D eigenvalue weighted by molar-refractivity contribution is 5.68. The van der Waals surface area contributed by atoms with Crippen molar-refractivity contribution in [1.29, 1.82) is 0 Å². The first-order valence-electron chi connectivity index (χ1n) is 9.77. The maximum absolute atomic E-state index is 12.6. The van der Waals surface area contributed by atoms with Crippen LogP contribution in [0.3, 0.4) is 0 Å². The van der Waals surface area contributed by atoms with Gasteiger partial charge in [-0.3, -0.25) is 10.1 Å². The van der Waals surface area contributed by atoms with Crippen molar-refractivity contribution in [2.45, 2.75) is 58.6 Å². The molecule has 1 amide bonds. The van der Waals surface area contributed by atoms with Crippen molar-refractivity contribution in [2.24, 2.45) is 0 Å². The average Bonchev–Trinajstić information content (AvgIpc) is 2.64. The summed E-state index contributed by atoms with van der Waals surface area (Å²) in [6.07, 6.45) is 1.98. The standard InChI is InChI=1S/C21H30N2O7/c1-6-8-16(22(14-7-2)19(24)30-21(3,4)5)13-15-28-20(25)29-18-11-9-17(10-12-18)23(26)27/h6,9-12,16H,1,7-8,13-15H2,2-5H3. The molecule has 0 heterocycles. The van der Waals surface area contributed by atoms with Gasteiger partial charge in [0.1, 0.15) is 11.4 Å². The zero-order valence-corrected chi connectivity index (χ0v) is 18.0. The Labute approximate surface area is 176 Å². The predicted molar refractivity (Wildman–Crippen MR) is 112 cm³/mol. The van der Waals surface area contributed by atoms with E-state index in [1.165, 1.54) is 24.3 Å². The van der Waals surface area contributed by atoms with Crippen LogP contribution in [0.25, 0.3) is 0 Å². The highest BCUT2D eigenvalue weighted by Gasteiger charge is 2.27. The molecule has 166 valence electrons. The van der Waals surface area contributed by atoms with Crippen molar-refractivity contribution < 1.29 is 28.7 Å². The molecule has 9 nitrogen and oxygen atoms in total. The van der Waals surface area contributed by atoms with Gasteiger partial charge in [-0.15, -0.1) is 6.58 Å². The Morgan fingerprint density at radius 1 is 1.27 bits per heavy atom. The van der Waals surface area contributed by atoms with Gasteiger partial charge in [-0.1, -0.05) is 13.0 Å². The molecule has 0 aliphatic carbocycles. The third-order valence-corrected chi connectivity index (χ3v) is 3.89. The van der Waals surface area contributed by atoms with E-state index in [0.717, 1.165) is 6.42 Å². The molecule has 0 radical (unpaired) electrons. The molecule has 0 spiro atoms. The summed E-state index contributed by atoms with van der Waals surface area (Å²) in [4.78, 5) is 36.2. The highest BCUT2D eigenvalue weighted by Crippen LogP contribution is 2.19. The minimum atomic E-state index is -0.930. The van der Waals surface area contributed by atoms with E-state index in [1.54, 1.807) is 31.7 Å². The number of ether oxygens (including phenoxy) is 3. The molecule has 1 atom stereocenters. The molecule has 0 aromatic heterocycles. The molecule has 0 bridgehead atoms. The highest BCUT2D eigenvalue weighted by atomic mass is 16.7. The molecule has 1 aromatic carbocycles. The lowest BCUT2D eigenvalue weighted by molar-refractivity contribution is -0.384. The van der Waals surface area contributed by atoms with E-state index in [1.807, 2.05) is 6.92 Å². The van der Waals surface area contributed by atoms with E-state index in [9.17, 15) is 19.7 Å². The van der Waals surface area contributed by atoms with E-state index >= 15 is 0 Å². The average molecular weight is 422 g/mol. The van der Waals surface area contributed by atoms with Crippen LogP contribution in [-0.2, 0) is 9.47 Å². The molecule has 1 unspecified atom stereocenters. The van der Waals surface area contributed by atoms with Crippen LogP contribution in [0.2, 0.25) is 0 Å². The Kier molecular flexibility index (Phi) is 9.80. The van der Waals surface area contributed by atoms with Crippen LogP contribution in [0.15, 0.2) is 36.9 Å². The molecular weight excluding hydrogens is 392 g/mol. The summed E-state index contributed by atoms with van der Waals surface area (Å²) < 4.78 is 15.6. The minimum Gasteiger partial charge on any atom is -0.444 e. The molecule has 0 saturated heterocycles. The van der Waals surface area contributed by atoms with Gasteiger partial charge in [0.25, 0.3) is 5.69 Å². The number of amides is 1. The quantitative estimate of drug-likeness (QED) is 0.170. The largest absolute Gasteiger partial charge is 0.513 e. The van der Waals surface area contributed by atoms with Crippen LogP contribution in [0.1, 0.15) is 47.0 Å². The van der Waals surface area contributed by atoms with E-state index in [0.29, 0.717) is 19.4 Å². The Balaban J connectivity index is 2.64. The van der Waals surface area contributed by atoms with Crippen LogP contribution in [0, 0.1) is 10.1 Å². The first kappa shape index (κ1) is 24.9. The summed E-state index contributed by atoms with van der Waals surface area (Å²) in [5, 5.41) is 10.6. The number of nitro benzene ring substituents is 1. The van der Waals surface area contributed by atoms with Crippen LogP contribution in [0.5, 0.6) is 5.75 Å². The van der Waals surface area contributed by atoms with Gasteiger partial charge in [-0.2, -0.15) is 0 Å². The summed E-state index contributed by atoms with van der Waals surface area (Å²) in [7, 11) is 0. The lowest BCUT2D eigenvalue weighted by atomic mass is 10.1. The monoisotopic (exact) mass is 422 g/mol. The van der Waals surface area contributed by atoms with Gasteiger partial charge in [0, 0.05) is 31.1 Å². The second-order valence-electron chi connectivity index (χ2n) is 7.59. The fourth-order valence-corrected chi connectivity index (χ4v) is 2.62. The van der Waals surface area contributed by atoms with Crippen LogP contribution in [0.4, 0.5) is 15.3 Å². The number of carbonyl (C=O) groups excluding carboxylic acids is 2. The lowest BCUT2D eigenvalue weighted by Gasteiger charge is -2.33. The van der Waals surface area contributed by atoms with Crippen molar-refractivity contribution in [3.8, 4) is 5.75 Å². The lowest BCUT2D eigenvalue weighted by Crippen LogP contribution is -2.44. The first-order chi connectivity index (χ1) is 14.1. The van der Waals surface area contributed by atoms with Crippen molar-refractivity contribution >= 4 is 17.9 Å². The summed E-state index contributed by atoms with van der Waals surface area (Å²) >= 11 is 0. The summed E-state index contributed by atoms with van der Waals surface area (Å²) in [6, 6.07) is 4.83. The second-order valence-corrected chi connectivity index (χ2v) is 7.59. The molecule has 1 aromatic rings. The third kappa shape index (κ3) is 8.93. The fraction of sp³-hybridized carbons (Fsp3) is 0.524. The number of nitro groups is 1. The third-order valence-electron chi connectivity index (χ3n) is 3.89. The smallest absolute Gasteiger partial charge is 0.444 e. The summed E-state index contributed by atoms with van der Waals surface area (Å²) in [5.74, 6) is 0.134. The van der Waals surface area contributed by atoms with Crippen LogP contribution >= 0.6 is 0 Å². The van der Waals surface area contributed by atoms with Gasteiger partial charge in [0.2, 0.25) is 0 Å². The Hall–Kier alpha value is -3.10. The first-order valence-corrected chi connectivity index (χ1v) is 9.77. The van der Waals surface area contributed by atoms with E-state index in [2.05, 4.69) is 6.58 Å². The van der Waals surface area contributed by atoms with E-state index in [-0.39, 0.29) is 24.1 Å². The van der Waals surface area contributed by atoms with Crippen molar-refractivity contribution in [3.63, 3.8) is 0 Å². The molecule has 0 aliphatic rings. The zero-order valence-electron chi connectivity index (χ0n) is 18.0. The Bertz CT molecular complexity index is 726. The van der Waals surface area contributed by atoms with Crippen LogP contribution in [-0.4, -0.2) is 46.9 Å². The number of nitrogens with zero attached hydrogens (tertiary/aromatic N) is 2. The van der Waals surface area contributed by atoms with E-state index in [4.69, 9.17) is 14.2 Å². The molecule has 0 aliphatic heterocycles. The molecule has 0 saturated carbocycles. The van der Waals surface area contributed by atoms with Crippen LogP contribution < -0.4 is 4.74 Å².